The number of rotatable bonds is 10. The van der Waals surface area contributed by atoms with Crippen LogP contribution in [0, 0.1) is 17.8 Å². The summed E-state index contributed by atoms with van der Waals surface area (Å²) < 4.78 is 51.4. The van der Waals surface area contributed by atoms with Crippen molar-refractivity contribution in [3.8, 4) is 5.88 Å². The molecule has 29 heavy (non-hydrogen) atoms. The predicted molar refractivity (Wildman–Crippen MR) is 103 cm³/mol. The third-order valence-corrected chi connectivity index (χ3v) is 2.78. The summed E-state index contributed by atoms with van der Waals surface area (Å²) in [5.41, 5.74) is 0. The average Bonchev–Trinajstić information content (AvgIpc) is 2.69. The molecule has 2 aromatic rings. The van der Waals surface area contributed by atoms with Gasteiger partial charge in [-0.05, 0) is 31.0 Å². The summed E-state index contributed by atoms with van der Waals surface area (Å²) in [7, 11) is 0. The van der Waals surface area contributed by atoms with Crippen LogP contribution in [0.5, 0.6) is 5.88 Å². The van der Waals surface area contributed by atoms with Crippen LogP contribution in [0.2, 0.25) is 0 Å². The molecule has 0 amide bonds. The van der Waals surface area contributed by atoms with E-state index in [2.05, 4.69) is 9.97 Å². The van der Waals surface area contributed by atoms with E-state index in [1.807, 2.05) is 13.8 Å². The van der Waals surface area contributed by atoms with Crippen molar-refractivity contribution in [3.05, 3.63) is 54.2 Å². The zero-order valence-electron chi connectivity index (χ0n) is 16.8. The summed E-state index contributed by atoms with van der Waals surface area (Å²) >= 11 is 0. The van der Waals surface area contributed by atoms with Gasteiger partial charge >= 0.3 is 0 Å². The lowest BCUT2D eigenvalue weighted by Gasteiger charge is -2.05. The SMILES string of the molecule is CCCOCCO.CCCOCCOc1cccc(F)n1.Fc1cccc(F)n1. The van der Waals surface area contributed by atoms with Gasteiger partial charge < -0.3 is 19.3 Å². The lowest BCUT2D eigenvalue weighted by Crippen LogP contribution is -2.08. The molecule has 0 aromatic carbocycles. The van der Waals surface area contributed by atoms with E-state index in [-0.39, 0.29) is 6.61 Å². The monoisotopic (exact) mass is 418 g/mol. The molecule has 2 rings (SSSR count). The van der Waals surface area contributed by atoms with E-state index in [9.17, 15) is 13.2 Å². The molecule has 0 radical (unpaired) electrons. The second kappa shape index (κ2) is 19.1. The Hall–Kier alpha value is -2.23. The Kier molecular flexibility index (Phi) is 17.6. The van der Waals surface area contributed by atoms with E-state index < -0.39 is 17.8 Å². The van der Waals surface area contributed by atoms with Crippen LogP contribution >= 0.6 is 0 Å². The molecule has 0 spiro atoms. The molecule has 164 valence electrons. The van der Waals surface area contributed by atoms with Crippen molar-refractivity contribution in [2.75, 3.05) is 39.6 Å². The number of pyridine rings is 2. The quantitative estimate of drug-likeness (QED) is 0.468. The van der Waals surface area contributed by atoms with Crippen molar-refractivity contribution in [2.45, 2.75) is 26.7 Å². The minimum absolute atomic E-state index is 0.139. The molecular formula is C20H29F3N2O4. The van der Waals surface area contributed by atoms with Gasteiger partial charge in [0.05, 0.1) is 19.8 Å². The Morgan fingerprint density at radius 1 is 0.724 bits per heavy atom. The first-order chi connectivity index (χ1) is 14.0. The van der Waals surface area contributed by atoms with Gasteiger partial charge in [0.2, 0.25) is 23.7 Å². The van der Waals surface area contributed by atoms with Crippen molar-refractivity contribution in [2.24, 2.45) is 0 Å². The predicted octanol–water partition coefficient (Wildman–Crippen LogP) is 3.79. The Balaban J connectivity index is 0.000000444. The zero-order chi connectivity index (χ0) is 21.7. The van der Waals surface area contributed by atoms with Gasteiger partial charge in [-0.25, -0.2) is 0 Å². The maximum Gasteiger partial charge on any atom is 0.216 e. The van der Waals surface area contributed by atoms with Crippen LogP contribution in [0.1, 0.15) is 26.7 Å². The van der Waals surface area contributed by atoms with E-state index in [0.29, 0.717) is 25.7 Å². The summed E-state index contributed by atoms with van der Waals surface area (Å²) in [6.07, 6.45) is 2.01. The first-order valence-electron chi connectivity index (χ1n) is 9.33. The maximum atomic E-state index is 12.6. The summed E-state index contributed by atoms with van der Waals surface area (Å²) in [5, 5.41) is 8.17. The topological polar surface area (TPSA) is 73.7 Å². The minimum Gasteiger partial charge on any atom is -0.475 e. The van der Waals surface area contributed by atoms with E-state index >= 15 is 0 Å². The lowest BCUT2D eigenvalue weighted by atomic mass is 10.5. The van der Waals surface area contributed by atoms with Gasteiger partial charge in [0.15, 0.2) is 0 Å². The Morgan fingerprint density at radius 3 is 1.69 bits per heavy atom. The number of halogens is 3. The summed E-state index contributed by atoms with van der Waals surface area (Å²) in [6.45, 7) is 7.09. The van der Waals surface area contributed by atoms with Gasteiger partial charge in [0, 0.05) is 19.3 Å². The highest BCUT2D eigenvalue weighted by Gasteiger charge is 1.96. The number of nitrogens with zero attached hydrogens (tertiary/aromatic N) is 2. The molecule has 0 bridgehead atoms. The molecule has 9 heteroatoms. The van der Waals surface area contributed by atoms with Crippen molar-refractivity contribution in [3.63, 3.8) is 0 Å². The Morgan fingerprint density at radius 2 is 1.24 bits per heavy atom. The van der Waals surface area contributed by atoms with Crippen molar-refractivity contribution >= 4 is 0 Å². The molecule has 2 heterocycles. The van der Waals surface area contributed by atoms with Crippen molar-refractivity contribution < 1.29 is 32.5 Å². The van der Waals surface area contributed by atoms with Gasteiger partial charge in [-0.15, -0.1) is 0 Å². The van der Waals surface area contributed by atoms with E-state index in [4.69, 9.17) is 19.3 Å². The van der Waals surface area contributed by atoms with Crippen molar-refractivity contribution in [1.29, 1.82) is 0 Å². The number of aromatic nitrogens is 2. The Bertz CT molecular complexity index is 615. The third kappa shape index (κ3) is 17.6. The fourth-order valence-corrected chi connectivity index (χ4v) is 1.62. The average molecular weight is 418 g/mol. The summed E-state index contributed by atoms with van der Waals surface area (Å²) in [6, 6.07) is 7.89. The van der Waals surface area contributed by atoms with Crippen molar-refractivity contribution in [1.82, 2.24) is 9.97 Å². The first-order valence-corrected chi connectivity index (χ1v) is 9.33. The maximum absolute atomic E-state index is 12.6. The highest BCUT2D eigenvalue weighted by molar-refractivity contribution is 5.10. The molecule has 0 aliphatic rings. The molecular weight excluding hydrogens is 389 g/mol. The van der Waals surface area contributed by atoms with E-state index in [1.165, 1.54) is 12.1 Å². The summed E-state index contributed by atoms with van der Waals surface area (Å²) in [4.78, 5) is 6.39. The molecule has 0 aliphatic carbocycles. The fraction of sp³-hybridized carbons (Fsp3) is 0.500. The minimum atomic E-state index is -0.787. The van der Waals surface area contributed by atoms with Crippen LogP contribution in [0.15, 0.2) is 36.4 Å². The largest absolute Gasteiger partial charge is 0.475 e. The normalized spacial score (nSPS) is 9.72. The van der Waals surface area contributed by atoms with E-state index in [0.717, 1.165) is 38.2 Å². The van der Waals surface area contributed by atoms with Crippen LogP contribution in [0.3, 0.4) is 0 Å². The van der Waals surface area contributed by atoms with Crippen LogP contribution in [-0.4, -0.2) is 54.7 Å². The molecule has 0 fully saturated rings. The molecule has 2 aromatic heterocycles. The van der Waals surface area contributed by atoms with Crippen LogP contribution < -0.4 is 4.74 Å². The lowest BCUT2D eigenvalue weighted by molar-refractivity contribution is 0.0928. The number of hydrogen-bond donors (Lipinski definition) is 1. The standard InChI is InChI=1S/C10H14FNO2.C5H3F2N.C5H12O2/c1-2-6-13-7-8-14-10-5-3-4-9(11)12-10;6-4-2-1-3-5(7)8-4;1-2-4-7-5-3-6/h3-5H,2,6-8H2,1H3;1-3H;6H,2-5H2,1H3. The second-order valence-corrected chi connectivity index (χ2v) is 5.38. The molecule has 0 aliphatic heterocycles. The smallest absolute Gasteiger partial charge is 0.216 e. The van der Waals surface area contributed by atoms with Gasteiger partial charge in [0.25, 0.3) is 0 Å². The highest BCUT2D eigenvalue weighted by Crippen LogP contribution is 2.05. The zero-order valence-corrected chi connectivity index (χ0v) is 16.8. The molecule has 6 nitrogen and oxygen atoms in total. The van der Waals surface area contributed by atoms with Crippen LogP contribution in [0.25, 0.3) is 0 Å². The number of ether oxygens (including phenoxy) is 3. The summed E-state index contributed by atoms with van der Waals surface area (Å²) in [5.74, 6) is -1.81. The molecule has 1 N–H and O–H groups in total. The third-order valence-electron chi connectivity index (χ3n) is 2.78. The molecule has 0 saturated heterocycles. The number of hydrogen-bond acceptors (Lipinski definition) is 6. The van der Waals surface area contributed by atoms with Gasteiger partial charge in [-0.1, -0.05) is 26.0 Å². The van der Waals surface area contributed by atoms with Crippen LogP contribution in [-0.2, 0) is 9.47 Å². The van der Waals surface area contributed by atoms with Gasteiger partial charge in [-0.3, -0.25) is 0 Å². The molecule has 0 unspecified atom stereocenters. The van der Waals surface area contributed by atoms with Gasteiger partial charge in [-0.2, -0.15) is 23.1 Å². The molecule has 0 saturated carbocycles. The van der Waals surface area contributed by atoms with Gasteiger partial charge in [0.1, 0.15) is 6.61 Å². The fourth-order valence-electron chi connectivity index (χ4n) is 1.62. The van der Waals surface area contributed by atoms with E-state index in [1.54, 1.807) is 12.1 Å². The number of aliphatic hydroxyl groups is 1. The molecule has 0 atom stereocenters. The highest BCUT2D eigenvalue weighted by atomic mass is 19.1. The first kappa shape index (κ1) is 26.8. The second-order valence-electron chi connectivity index (χ2n) is 5.38. The Labute approximate surface area is 169 Å². The van der Waals surface area contributed by atoms with Crippen LogP contribution in [0.4, 0.5) is 13.2 Å². The number of aliphatic hydroxyl groups excluding tert-OH is 1.